The third-order valence-corrected chi connectivity index (χ3v) is 3.73. The normalized spacial score (nSPS) is 12.1. The summed E-state index contributed by atoms with van der Waals surface area (Å²) in [6.45, 7) is 0. The standard InChI is InChI=1S/C8H4Cl2F3N3S/c9-3-4-6(10)14-7(17-4)16-2-1-5(15-16)8(11,12)13/h1-2H,3H2. The van der Waals surface area contributed by atoms with Crippen molar-refractivity contribution in [2.24, 2.45) is 0 Å². The van der Waals surface area contributed by atoms with Gasteiger partial charge in [-0.25, -0.2) is 9.67 Å². The second kappa shape index (κ2) is 4.47. The maximum Gasteiger partial charge on any atom is 0.435 e. The van der Waals surface area contributed by atoms with Crippen LogP contribution in [0, 0.1) is 0 Å². The van der Waals surface area contributed by atoms with E-state index in [1.54, 1.807) is 0 Å². The summed E-state index contributed by atoms with van der Waals surface area (Å²) in [5.41, 5.74) is -0.976. The third kappa shape index (κ3) is 2.56. The van der Waals surface area contributed by atoms with Gasteiger partial charge >= 0.3 is 6.18 Å². The average molecular weight is 302 g/mol. The molecule has 0 saturated heterocycles. The van der Waals surface area contributed by atoms with Crippen molar-refractivity contribution >= 4 is 34.5 Å². The minimum atomic E-state index is -4.47. The number of thiazole rings is 1. The van der Waals surface area contributed by atoms with Crippen LogP contribution in [-0.2, 0) is 12.1 Å². The van der Waals surface area contributed by atoms with Gasteiger partial charge in [-0.3, -0.25) is 0 Å². The van der Waals surface area contributed by atoms with Crippen molar-refractivity contribution in [2.75, 3.05) is 0 Å². The predicted molar refractivity (Wildman–Crippen MR) is 58.8 cm³/mol. The molecule has 0 bridgehead atoms. The molecule has 0 radical (unpaired) electrons. The van der Waals surface area contributed by atoms with E-state index in [0.717, 1.165) is 22.1 Å². The molecule has 2 heterocycles. The lowest BCUT2D eigenvalue weighted by Crippen LogP contribution is -2.07. The predicted octanol–water partition coefficient (Wildman–Crippen LogP) is 3.74. The van der Waals surface area contributed by atoms with Crippen LogP contribution in [0.15, 0.2) is 12.3 Å². The van der Waals surface area contributed by atoms with E-state index in [9.17, 15) is 13.2 Å². The second-order valence-corrected chi connectivity index (χ2v) is 4.67. The van der Waals surface area contributed by atoms with Crippen molar-refractivity contribution in [3.05, 3.63) is 28.0 Å². The van der Waals surface area contributed by atoms with Gasteiger partial charge in [0, 0.05) is 6.20 Å². The number of aromatic nitrogens is 3. The molecule has 3 nitrogen and oxygen atoms in total. The molecule has 9 heteroatoms. The number of alkyl halides is 4. The fraction of sp³-hybridized carbons (Fsp3) is 0.250. The summed E-state index contributed by atoms with van der Waals surface area (Å²) in [7, 11) is 0. The molecule has 0 aliphatic carbocycles. The maximum atomic E-state index is 12.3. The monoisotopic (exact) mass is 301 g/mol. The molecule has 0 aliphatic rings. The lowest BCUT2D eigenvalue weighted by atomic mass is 10.4. The molecule has 0 aromatic carbocycles. The zero-order chi connectivity index (χ0) is 12.6. The third-order valence-electron chi connectivity index (χ3n) is 1.84. The van der Waals surface area contributed by atoms with Crippen LogP contribution < -0.4 is 0 Å². The van der Waals surface area contributed by atoms with Gasteiger partial charge in [-0.15, -0.1) is 11.6 Å². The van der Waals surface area contributed by atoms with Crippen LogP contribution in [0.5, 0.6) is 0 Å². The first-order chi connectivity index (χ1) is 7.91. The average Bonchev–Trinajstić information content (AvgIpc) is 2.82. The van der Waals surface area contributed by atoms with E-state index in [-0.39, 0.29) is 16.2 Å². The Kier molecular flexibility index (Phi) is 3.33. The first kappa shape index (κ1) is 12.7. The molecular weight excluding hydrogens is 298 g/mol. The summed E-state index contributed by atoms with van der Waals surface area (Å²) < 4.78 is 38.0. The molecule has 2 aromatic heterocycles. The molecule has 0 spiro atoms. The van der Waals surface area contributed by atoms with Crippen molar-refractivity contribution < 1.29 is 13.2 Å². The molecule has 0 saturated carbocycles. The van der Waals surface area contributed by atoms with E-state index in [4.69, 9.17) is 23.2 Å². The highest BCUT2D eigenvalue weighted by Crippen LogP contribution is 2.30. The Balaban J connectivity index is 2.37. The molecule has 0 unspecified atom stereocenters. The molecule has 2 rings (SSSR count). The first-order valence-corrected chi connectivity index (χ1v) is 5.99. The minimum absolute atomic E-state index is 0.157. The Morgan fingerprint density at radius 3 is 2.59 bits per heavy atom. The zero-order valence-electron chi connectivity index (χ0n) is 8.00. The largest absolute Gasteiger partial charge is 0.435 e. The van der Waals surface area contributed by atoms with Gasteiger partial charge in [0.2, 0.25) is 5.13 Å². The van der Waals surface area contributed by atoms with Gasteiger partial charge in [0.25, 0.3) is 0 Å². The number of hydrogen-bond acceptors (Lipinski definition) is 3. The van der Waals surface area contributed by atoms with Crippen LogP contribution in [0.25, 0.3) is 5.13 Å². The van der Waals surface area contributed by atoms with E-state index in [1.807, 2.05) is 0 Å². The number of halogens is 5. The lowest BCUT2D eigenvalue weighted by molar-refractivity contribution is -0.141. The van der Waals surface area contributed by atoms with Gasteiger partial charge in [-0.05, 0) is 6.07 Å². The van der Waals surface area contributed by atoms with E-state index in [1.165, 1.54) is 6.20 Å². The van der Waals surface area contributed by atoms with Crippen molar-refractivity contribution in [3.63, 3.8) is 0 Å². The van der Waals surface area contributed by atoms with Crippen LogP contribution in [0.1, 0.15) is 10.6 Å². The molecule has 17 heavy (non-hydrogen) atoms. The van der Waals surface area contributed by atoms with Crippen molar-refractivity contribution in [1.82, 2.24) is 14.8 Å². The molecule has 92 valence electrons. The number of nitrogens with zero attached hydrogens (tertiary/aromatic N) is 3. The molecular formula is C8H4Cl2F3N3S. The van der Waals surface area contributed by atoms with E-state index in [0.29, 0.717) is 4.88 Å². The quantitative estimate of drug-likeness (QED) is 0.791. The summed E-state index contributed by atoms with van der Waals surface area (Å²) in [5, 5.41) is 3.81. The highest BCUT2D eigenvalue weighted by atomic mass is 35.5. The SMILES string of the molecule is FC(F)(F)c1ccn(-c2nc(Cl)c(CCl)s2)n1. The highest BCUT2D eigenvalue weighted by molar-refractivity contribution is 7.14. The number of hydrogen-bond donors (Lipinski definition) is 0. The van der Waals surface area contributed by atoms with Crippen LogP contribution in [0.4, 0.5) is 13.2 Å². The van der Waals surface area contributed by atoms with E-state index >= 15 is 0 Å². The summed E-state index contributed by atoms with van der Waals surface area (Å²) in [6.07, 6.45) is -3.29. The van der Waals surface area contributed by atoms with Gasteiger partial charge in [0.1, 0.15) is 5.15 Å². The zero-order valence-corrected chi connectivity index (χ0v) is 10.3. The van der Waals surface area contributed by atoms with Crippen LogP contribution >= 0.6 is 34.5 Å². The molecule has 0 N–H and O–H groups in total. The highest BCUT2D eigenvalue weighted by Gasteiger charge is 2.33. The minimum Gasteiger partial charge on any atom is -0.213 e. The summed E-state index contributed by atoms with van der Waals surface area (Å²) in [6, 6.07) is 0.871. The van der Waals surface area contributed by atoms with Gasteiger partial charge < -0.3 is 0 Å². The Hall–Kier alpha value is -0.790. The molecule has 0 fully saturated rings. The molecule has 2 aromatic rings. The fourth-order valence-electron chi connectivity index (χ4n) is 1.08. The van der Waals surface area contributed by atoms with E-state index < -0.39 is 11.9 Å². The smallest absolute Gasteiger partial charge is 0.213 e. The Bertz CT molecular complexity index is 534. The number of rotatable bonds is 2. The van der Waals surface area contributed by atoms with Crippen molar-refractivity contribution in [3.8, 4) is 5.13 Å². The van der Waals surface area contributed by atoms with Crippen LogP contribution in [0.2, 0.25) is 5.15 Å². The summed E-state index contributed by atoms with van der Waals surface area (Å²) in [4.78, 5) is 4.47. The van der Waals surface area contributed by atoms with Crippen molar-refractivity contribution in [1.29, 1.82) is 0 Å². The van der Waals surface area contributed by atoms with Crippen LogP contribution in [0.3, 0.4) is 0 Å². The Morgan fingerprint density at radius 1 is 1.41 bits per heavy atom. The topological polar surface area (TPSA) is 30.7 Å². The second-order valence-electron chi connectivity index (χ2n) is 2.99. The molecule has 0 amide bonds. The maximum absolute atomic E-state index is 12.3. The summed E-state index contributed by atoms with van der Waals surface area (Å²) in [5.74, 6) is 0.157. The lowest BCUT2D eigenvalue weighted by Gasteiger charge is -2.00. The summed E-state index contributed by atoms with van der Waals surface area (Å²) >= 11 is 12.4. The van der Waals surface area contributed by atoms with Crippen molar-refractivity contribution in [2.45, 2.75) is 12.1 Å². The van der Waals surface area contributed by atoms with Gasteiger partial charge in [-0.2, -0.15) is 18.3 Å². The molecule has 0 atom stereocenters. The fourth-order valence-corrected chi connectivity index (χ4v) is 2.49. The van der Waals surface area contributed by atoms with Crippen LogP contribution in [-0.4, -0.2) is 14.8 Å². The Morgan fingerprint density at radius 2 is 2.12 bits per heavy atom. The molecule has 0 aliphatic heterocycles. The Labute approximate surface area is 108 Å². The van der Waals surface area contributed by atoms with Gasteiger partial charge in [0.15, 0.2) is 5.69 Å². The van der Waals surface area contributed by atoms with Gasteiger partial charge in [0.05, 0.1) is 10.8 Å². The van der Waals surface area contributed by atoms with E-state index in [2.05, 4.69) is 10.1 Å². The first-order valence-electron chi connectivity index (χ1n) is 4.26. The van der Waals surface area contributed by atoms with Gasteiger partial charge in [-0.1, -0.05) is 22.9 Å².